The average molecular weight is 276 g/mol. The lowest BCUT2D eigenvalue weighted by atomic mass is 10.1. The van der Waals surface area contributed by atoms with Crippen LogP contribution in [0, 0.1) is 10.1 Å². The third-order valence-corrected chi connectivity index (χ3v) is 3.42. The smallest absolute Gasteiger partial charge is 0.320 e. The Kier molecular flexibility index (Phi) is 2.81. The Morgan fingerprint density at radius 2 is 2.15 bits per heavy atom. The van der Waals surface area contributed by atoms with E-state index in [2.05, 4.69) is 0 Å². The van der Waals surface area contributed by atoms with Gasteiger partial charge in [-0.2, -0.15) is 0 Å². The molecule has 2 aromatic rings. The van der Waals surface area contributed by atoms with E-state index in [1.807, 2.05) is 13.8 Å². The van der Waals surface area contributed by atoms with Crippen LogP contribution in [0.2, 0.25) is 0 Å². The van der Waals surface area contributed by atoms with Crippen molar-refractivity contribution >= 4 is 11.0 Å². The third kappa shape index (κ3) is 1.72. The van der Waals surface area contributed by atoms with Crippen LogP contribution in [0.5, 0.6) is 0 Å². The second kappa shape index (κ2) is 4.29. The molecule has 1 aliphatic heterocycles. The van der Waals surface area contributed by atoms with Gasteiger partial charge in [0.15, 0.2) is 0 Å². The van der Waals surface area contributed by atoms with Crippen LogP contribution in [0.1, 0.15) is 32.2 Å². The molecule has 2 heterocycles. The molecule has 0 fully saturated rings. The second-order valence-electron chi connectivity index (χ2n) is 5.27. The molecule has 0 bridgehead atoms. The molecule has 0 aliphatic carbocycles. The number of benzene rings is 1. The van der Waals surface area contributed by atoms with E-state index in [4.69, 9.17) is 9.47 Å². The minimum Gasteiger partial charge on any atom is -0.805 e. The summed E-state index contributed by atoms with van der Waals surface area (Å²) in [5, 5.41) is 12.4. The number of nitrogens with zero attached hydrogens (tertiary/aromatic N) is 2. The van der Waals surface area contributed by atoms with Crippen LogP contribution in [0.25, 0.3) is 11.0 Å². The Bertz CT molecular complexity index is 738. The second-order valence-corrected chi connectivity index (χ2v) is 5.27. The van der Waals surface area contributed by atoms with Crippen LogP contribution >= 0.6 is 0 Å². The molecule has 0 N–H and O–H groups in total. The highest BCUT2D eigenvalue weighted by Crippen LogP contribution is 2.36. The number of hydrogen-bond donors (Lipinski definition) is 0. The molecule has 1 atom stereocenters. The maximum absolute atomic E-state index is 12.6. The van der Waals surface area contributed by atoms with Gasteiger partial charge in [-0.25, -0.2) is 0 Å². The standard InChI is InChI=1S/C14H16N2O4/c1-9(2)20-14(3)13-12(8-19-14)15(17)10-6-4-5-7-11(10)16(13)18/h4-7,9H,8H2,1-3H3. The maximum atomic E-state index is 12.6. The van der Waals surface area contributed by atoms with Gasteiger partial charge in [0.25, 0.3) is 11.3 Å². The Morgan fingerprint density at radius 1 is 1.45 bits per heavy atom. The summed E-state index contributed by atoms with van der Waals surface area (Å²) in [6, 6.07) is 6.68. The van der Waals surface area contributed by atoms with Gasteiger partial charge in [0.2, 0.25) is 0 Å². The number of para-hydroxylation sites is 2. The number of rotatable bonds is 2. The lowest BCUT2D eigenvalue weighted by Gasteiger charge is -2.23. The molecule has 20 heavy (non-hydrogen) atoms. The lowest BCUT2D eigenvalue weighted by Crippen LogP contribution is -2.38. The van der Waals surface area contributed by atoms with E-state index >= 15 is 0 Å². The number of fused-ring (bicyclic) bond motifs is 2. The molecule has 1 aromatic carbocycles. The Labute approximate surface area is 115 Å². The summed E-state index contributed by atoms with van der Waals surface area (Å²) < 4.78 is 12.8. The van der Waals surface area contributed by atoms with Gasteiger partial charge >= 0.3 is 5.69 Å². The highest BCUT2D eigenvalue weighted by molar-refractivity contribution is 5.72. The van der Waals surface area contributed by atoms with Gasteiger partial charge in [-0.05, 0) is 19.9 Å². The molecule has 0 amide bonds. The molecule has 6 heteroatoms. The van der Waals surface area contributed by atoms with Crippen molar-refractivity contribution in [3.05, 3.63) is 45.8 Å². The predicted molar refractivity (Wildman–Crippen MR) is 72.4 cm³/mol. The van der Waals surface area contributed by atoms with Crippen molar-refractivity contribution in [2.24, 2.45) is 0 Å². The van der Waals surface area contributed by atoms with E-state index in [-0.39, 0.29) is 18.4 Å². The molecule has 1 unspecified atom stereocenters. The van der Waals surface area contributed by atoms with Gasteiger partial charge in [-0.3, -0.25) is 0 Å². The Morgan fingerprint density at radius 3 is 2.85 bits per heavy atom. The van der Waals surface area contributed by atoms with Gasteiger partial charge in [0.1, 0.15) is 11.2 Å². The molecule has 6 nitrogen and oxygen atoms in total. The van der Waals surface area contributed by atoms with E-state index < -0.39 is 5.79 Å². The fourth-order valence-electron chi connectivity index (χ4n) is 2.67. The average Bonchev–Trinajstić information content (AvgIpc) is 2.73. The van der Waals surface area contributed by atoms with E-state index in [1.165, 1.54) is 0 Å². The van der Waals surface area contributed by atoms with Crippen LogP contribution in [0.3, 0.4) is 0 Å². The molecule has 0 saturated carbocycles. The van der Waals surface area contributed by atoms with Crippen LogP contribution in [0.15, 0.2) is 24.3 Å². The molecule has 1 aromatic heterocycles. The van der Waals surface area contributed by atoms with Gasteiger partial charge in [0.05, 0.1) is 17.1 Å². The highest BCUT2D eigenvalue weighted by Gasteiger charge is 2.48. The minimum absolute atomic E-state index is 0.0646. The van der Waals surface area contributed by atoms with Crippen LogP contribution < -0.4 is 4.43 Å². The minimum atomic E-state index is -1.19. The first-order chi connectivity index (χ1) is 9.44. The summed E-state index contributed by atoms with van der Waals surface area (Å²) in [5.74, 6) is -1.19. The molecular weight excluding hydrogens is 260 g/mol. The van der Waals surface area contributed by atoms with E-state index in [1.54, 1.807) is 31.2 Å². The van der Waals surface area contributed by atoms with Crippen molar-refractivity contribution < 1.29 is 13.9 Å². The Balaban J connectivity index is 2.33. The van der Waals surface area contributed by atoms with Gasteiger partial charge in [-0.15, -0.1) is 0 Å². The molecule has 0 spiro atoms. The zero-order chi connectivity index (χ0) is 14.5. The van der Waals surface area contributed by atoms with Gasteiger partial charge < -0.3 is 19.4 Å². The predicted octanol–water partition coefficient (Wildman–Crippen LogP) is 2.03. The van der Waals surface area contributed by atoms with Crippen molar-refractivity contribution in [1.29, 1.82) is 0 Å². The Hall–Kier alpha value is -1.92. The topological polar surface area (TPSA) is 69.4 Å². The number of aromatic nitrogens is 2. The van der Waals surface area contributed by atoms with Gasteiger partial charge in [-0.1, -0.05) is 12.1 Å². The maximum Gasteiger partial charge on any atom is 0.320 e. The van der Waals surface area contributed by atoms with E-state index in [0.29, 0.717) is 16.7 Å². The van der Waals surface area contributed by atoms with E-state index in [0.717, 1.165) is 9.16 Å². The molecule has 106 valence electrons. The van der Waals surface area contributed by atoms with E-state index in [9.17, 15) is 10.1 Å². The molecule has 3 rings (SSSR count). The highest BCUT2D eigenvalue weighted by atomic mass is 16.7. The summed E-state index contributed by atoms with van der Waals surface area (Å²) >= 11 is 0. The van der Waals surface area contributed by atoms with Crippen LogP contribution in [-0.2, 0) is 21.9 Å². The number of ether oxygens (including phenoxy) is 2. The lowest BCUT2D eigenvalue weighted by molar-refractivity contribution is -0.500. The van der Waals surface area contributed by atoms with Crippen LogP contribution in [0.4, 0.5) is 0 Å². The van der Waals surface area contributed by atoms with Crippen molar-refractivity contribution in [3.63, 3.8) is 0 Å². The summed E-state index contributed by atoms with van der Waals surface area (Å²) in [6.07, 6.45) is -0.127. The fourth-order valence-corrected chi connectivity index (χ4v) is 2.67. The van der Waals surface area contributed by atoms with Crippen molar-refractivity contribution in [1.82, 2.24) is 4.73 Å². The first kappa shape index (κ1) is 13.1. The molecule has 1 aliphatic rings. The van der Waals surface area contributed by atoms with Crippen molar-refractivity contribution in [2.45, 2.75) is 39.3 Å². The fraction of sp³-hybridized carbons (Fsp3) is 0.429. The normalized spacial score (nSPS) is 21.6. The quantitative estimate of drug-likeness (QED) is 0.787. The molecule has 0 radical (unpaired) electrons. The first-order valence-electron chi connectivity index (χ1n) is 6.53. The monoisotopic (exact) mass is 276 g/mol. The van der Waals surface area contributed by atoms with Gasteiger partial charge in [0, 0.05) is 17.9 Å². The third-order valence-electron chi connectivity index (χ3n) is 3.42. The molecular formula is C14H16N2O4. The summed E-state index contributed by atoms with van der Waals surface area (Å²) in [5.41, 5.74) is 1.19. The summed E-state index contributed by atoms with van der Waals surface area (Å²) in [7, 11) is 0. The number of hydrogen-bond acceptors (Lipinski definition) is 4. The van der Waals surface area contributed by atoms with Crippen LogP contribution in [-0.4, -0.2) is 10.8 Å². The summed E-state index contributed by atoms with van der Waals surface area (Å²) in [4.78, 5) is 12.6. The molecule has 0 saturated heterocycles. The summed E-state index contributed by atoms with van der Waals surface area (Å²) in [6.45, 7) is 5.44. The zero-order valence-electron chi connectivity index (χ0n) is 11.6. The zero-order valence-corrected chi connectivity index (χ0v) is 11.6. The van der Waals surface area contributed by atoms with Crippen molar-refractivity contribution in [2.75, 3.05) is 0 Å². The largest absolute Gasteiger partial charge is 0.805 e. The SMILES string of the molecule is CC(C)OC1(C)OCc2c1[n+](=O)c1ccccc1n2[O-]. The first-order valence-corrected chi connectivity index (χ1v) is 6.53. The van der Waals surface area contributed by atoms with Crippen molar-refractivity contribution in [3.8, 4) is 0 Å².